The van der Waals surface area contributed by atoms with Gasteiger partial charge in [0.1, 0.15) is 0 Å². The number of ketones is 1. The Kier molecular flexibility index (Phi) is 2.77. The molecule has 0 saturated carbocycles. The van der Waals surface area contributed by atoms with Crippen molar-refractivity contribution in [3.8, 4) is 0 Å². The van der Waals surface area contributed by atoms with Gasteiger partial charge in [-0.05, 0) is 37.9 Å². The van der Waals surface area contributed by atoms with Gasteiger partial charge in [0.2, 0.25) is 0 Å². The fraction of sp³-hybridized carbons (Fsp3) is 0.500. The maximum atomic E-state index is 12.9. The molecular weight excluding hydrogens is 260 g/mol. The Morgan fingerprint density at radius 2 is 1.95 bits per heavy atom. The van der Waals surface area contributed by atoms with Gasteiger partial charge in [-0.15, -0.1) is 0 Å². The van der Waals surface area contributed by atoms with Crippen molar-refractivity contribution in [2.45, 2.75) is 25.8 Å². The summed E-state index contributed by atoms with van der Waals surface area (Å²) in [6.07, 6.45) is 1.86. The molecule has 3 nitrogen and oxygen atoms in total. The molecule has 2 aliphatic rings. The van der Waals surface area contributed by atoms with Gasteiger partial charge in [-0.3, -0.25) is 9.69 Å². The van der Waals surface area contributed by atoms with E-state index in [1.54, 1.807) is 0 Å². The Morgan fingerprint density at radius 1 is 1.19 bits per heavy atom. The predicted octanol–water partition coefficient (Wildman–Crippen LogP) is 3.39. The summed E-state index contributed by atoms with van der Waals surface area (Å²) < 4.78 is 2.12. The van der Waals surface area contributed by atoms with Gasteiger partial charge in [0.25, 0.3) is 0 Å². The van der Waals surface area contributed by atoms with Gasteiger partial charge in [0, 0.05) is 36.0 Å². The molecule has 1 saturated heterocycles. The summed E-state index contributed by atoms with van der Waals surface area (Å²) >= 11 is 0. The van der Waals surface area contributed by atoms with E-state index in [4.69, 9.17) is 0 Å². The van der Waals surface area contributed by atoms with Crippen LogP contribution in [-0.2, 0) is 7.05 Å². The van der Waals surface area contributed by atoms with Gasteiger partial charge in [-0.2, -0.15) is 0 Å². The normalized spacial score (nSPS) is 29.5. The molecule has 1 aliphatic carbocycles. The van der Waals surface area contributed by atoms with Gasteiger partial charge >= 0.3 is 0 Å². The molecule has 110 valence electrons. The van der Waals surface area contributed by atoms with Crippen LogP contribution >= 0.6 is 0 Å². The molecule has 1 aromatic carbocycles. The highest BCUT2D eigenvalue weighted by Crippen LogP contribution is 2.47. The molecule has 1 aromatic heterocycles. The number of nitrogens with zero attached hydrogens (tertiary/aromatic N) is 2. The molecule has 0 radical (unpaired) electrons. The van der Waals surface area contributed by atoms with Crippen LogP contribution in [0.4, 0.5) is 0 Å². The minimum absolute atomic E-state index is 0.332. The summed E-state index contributed by atoms with van der Waals surface area (Å²) in [5.41, 5.74) is 3.40. The van der Waals surface area contributed by atoms with Gasteiger partial charge in [0.05, 0.1) is 5.69 Å². The molecule has 2 bridgehead atoms. The molecule has 0 spiro atoms. The highest BCUT2D eigenvalue weighted by molar-refractivity contribution is 6.03. The first kappa shape index (κ1) is 13.1. The van der Waals surface area contributed by atoms with Crippen molar-refractivity contribution in [3.63, 3.8) is 0 Å². The number of hydrogen-bond acceptors (Lipinski definition) is 2. The van der Waals surface area contributed by atoms with Crippen LogP contribution in [0, 0.1) is 11.8 Å². The molecule has 4 rings (SSSR count). The highest BCUT2D eigenvalue weighted by atomic mass is 16.1. The Bertz CT molecular complexity index is 730. The van der Waals surface area contributed by atoms with E-state index < -0.39 is 0 Å². The Hall–Kier alpha value is -1.61. The van der Waals surface area contributed by atoms with Crippen LogP contribution in [0.2, 0.25) is 0 Å². The molecule has 0 amide bonds. The third kappa shape index (κ3) is 1.67. The second-order valence-electron chi connectivity index (χ2n) is 6.80. The molecule has 3 unspecified atom stereocenters. The van der Waals surface area contributed by atoms with Crippen molar-refractivity contribution >= 4 is 16.7 Å². The predicted molar refractivity (Wildman–Crippen MR) is 84.5 cm³/mol. The lowest BCUT2D eigenvalue weighted by atomic mass is 9.78. The zero-order valence-electron chi connectivity index (χ0n) is 13.0. The summed E-state index contributed by atoms with van der Waals surface area (Å²) in [5.74, 6) is 1.41. The number of piperidine rings is 1. The van der Waals surface area contributed by atoms with Crippen molar-refractivity contribution in [1.82, 2.24) is 9.47 Å². The Labute approximate surface area is 125 Å². The first-order valence-corrected chi connectivity index (χ1v) is 7.90. The molecule has 3 heteroatoms. The monoisotopic (exact) mass is 282 g/mol. The number of para-hydroxylation sites is 1. The maximum Gasteiger partial charge on any atom is 0.179 e. The number of rotatable bonds is 0. The van der Waals surface area contributed by atoms with E-state index in [1.165, 1.54) is 16.5 Å². The number of fused-ring (bicyclic) bond motifs is 6. The highest BCUT2D eigenvalue weighted by Gasteiger charge is 2.42. The van der Waals surface area contributed by atoms with Crippen LogP contribution in [0.3, 0.4) is 0 Å². The van der Waals surface area contributed by atoms with E-state index in [1.807, 2.05) is 7.05 Å². The molecule has 21 heavy (non-hydrogen) atoms. The molecule has 1 aliphatic heterocycles. The first-order valence-electron chi connectivity index (χ1n) is 7.90. The average molecular weight is 282 g/mol. The minimum atomic E-state index is 0.332. The van der Waals surface area contributed by atoms with Crippen molar-refractivity contribution in [1.29, 1.82) is 0 Å². The average Bonchev–Trinajstić information content (AvgIpc) is 2.72. The number of carbonyl (C=O) groups excluding carboxylic acids is 1. The molecule has 2 aromatic rings. The first-order chi connectivity index (χ1) is 10.1. The zero-order chi connectivity index (χ0) is 14.7. The summed E-state index contributed by atoms with van der Waals surface area (Å²) in [5, 5.41) is 1.26. The molecule has 0 N–H and O–H groups in total. The zero-order valence-corrected chi connectivity index (χ0v) is 13.0. The third-order valence-corrected chi connectivity index (χ3v) is 5.72. The fourth-order valence-electron chi connectivity index (χ4n) is 4.60. The lowest BCUT2D eigenvalue weighted by Gasteiger charge is -2.41. The largest absolute Gasteiger partial charge is 0.341 e. The second kappa shape index (κ2) is 4.44. The number of benzene rings is 1. The summed E-state index contributed by atoms with van der Waals surface area (Å²) in [6.45, 7) is 3.42. The fourth-order valence-corrected chi connectivity index (χ4v) is 4.60. The topological polar surface area (TPSA) is 25.2 Å². The van der Waals surface area contributed by atoms with Crippen LogP contribution in [0.25, 0.3) is 10.9 Å². The van der Waals surface area contributed by atoms with E-state index in [-0.39, 0.29) is 0 Å². The van der Waals surface area contributed by atoms with Crippen LogP contribution < -0.4 is 0 Å². The smallest absolute Gasteiger partial charge is 0.179 e. The number of aryl methyl sites for hydroxylation is 1. The molecule has 3 atom stereocenters. The summed E-state index contributed by atoms with van der Waals surface area (Å²) in [4.78, 5) is 15.3. The summed E-state index contributed by atoms with van der Waals surface area (Å²) in [6, 6.07) is 8.82. The van der Waals surface area contributed by atoms with E-state index in [0.717, 1.165) is 18.7 Å². The second-order valence-corrected chi connectivity index (χ2v) is 6.80. The van der Waals surface area contributed by atoms with Crippen LogP contribution in [-0.4, -0.2) is 28.8 Å². The quantitative estimate of drug-likeness (QED) is 0.740. The van der Waals surface area contributed by atoms with Crippen molar-refractivity contribution in [2.75, 3.05) is 13.6 Å². The molecular formula is C18H22N2O. The van der Waals surface area contributed by atoms with E-state index in [9.17, 15) is 4.79 Å². The van der Waals surface area contributed by atoms with Gasteiger partial charge in [0.15, 0.2) is 5.78 Å². The number of aromatic nitrogens is 1. The summed E-state index contributed by atoms with van der Waals surface area (Å²) in [7, 11) is 4.25. The SMILES string of the molecule is CC1C2CCN(C)C1c1c(n(C)c3ccccc13)C(=O)C2. The number of hydrogen-bond donors (Lipinski definition) is 0. The van der Waals surface area contributed by atoms with Crippen molar-refractivity contribution in [3.05, 3.63) is 35.5 Å². The number of likely N-dealkylation sites (tertiary alicyclic amines) is 1. The number of Topliss-reactive ketones (excluding diaryl/α,β-unsaturated/α-hetero) is 1. The minimum Gasteiger partial charge on any atom is -0.341 e. The lowest BCUT2D eigenvalue weighted by molar-refractivity contribution is 0.0729. The van der Waals surface area contributed by atoms with Gasteiger partial charge < -0.3 is 4.57 Å². The van der Waals surface area contributed by atoms with E-state index >= 15 is 0 Å². The standard InChI is InChI=1S/C18H22N2O/c1-11-12-8-9-19(2)17(11)16-13-6-4-5-7-14(13)20(3)18(16)15(21)10-12/h4-7,11-12,17H,8-10H2,1-3H3. The van der Waals surface area contributed by atoms with E-state index in [0.29, 0.717) is 30.1 Å². The van der Waals surface area contributed by atoms with Crippen LogP contribution in [0.15, 0.2) is 24.3 Å². The van der Waals surface area contributed by atoms with Crippen LogP contribution in [0.1, 0.15) is 41.9 Å². The Morgan fingerprint density at radius 3 is 2.76 bits per heavy atom. The van der Waals surface area contributed by atoms with Crippen molar-refractivity contribution in [2.24, 2.45) is 18.9 Å². The van der Waals surface area contributed by atoms with Crippen LogP contribution in [0.5, 0.6) is 0 Å². The Balaban J connectivity index is 2.07. The van der Waals surface area contributed by atoms with Crippen molar-refractivity contribution < 1.29 is 4.79 Å². The molecule has 2 heterocycles. The number of carbonyl (C=O) groups is 1. The maximum absolute atomic E-state index is 12.9. The lowest BCUT2D eigenvalue weighted by Crippen LogP contribution is -2.39. The third-order valence-electron chi connectivity index (χ3n) is 5.72. The van der Waals surface area contributed by atoms with E-state index in [2.05, 4.69) is 47.7 Å². The molecule has 1 fully saturated rings. The van der Waals surface area contributed by atoms with Gasteiger partial charge in [-0.25, -0.2) is 0 Å². The van der Waals surface area contributed by atoms with Gasteiger partial charge in [-0.1, -0.05) is 25.1 Å².